The first-order chi connectivity index (χ1) is 11.6. The van der Waals surface area contributed by atoms with Crippen LogP contribution >= 0.6 is 12.6 Å². The first-order valence-corrected chi connectivity index (χ1v) is 8.34. The molecule has 5 nitrogen and oxygen atoms in total. The number of ether oxygens (including phenoxy) is 2. The predicted molar refractivity (Wildman–Crippen MR) is 94.1 cm³/mol. The third-order valence-corrected chi connectivity index (χ3v) is 4.42. The number of aliphatic carboxylic acids is 1. The summed E-state index contributed by atoms with van der Waals surface area (Å²) in [4.78, 5) is 11.1. The summed E-state index contributed by atoms with van der Waals surface area (Å²) in [6.07, 6.45) is -0.449. The summed E-state index contributed by atoms with van der Waals surface area (Å²) in [5.74, 6) is -2.84. The van der Waals surface area contributed by atoms with Gasteiger partial charge in [0.25, 0.3) is 5.92 Å². The van der Waals surface area contributed by atoms with E-state index in [0.717, 1.165) is 21.8 Å². The second-order valence-corrected chi connectivity index (χ2v) is 6.43. The van der Waals surface area contributed by atoms with E-state index in [9.17, 15) is 13.6 Å². The number of hydrogen-bond acceptors (Lipinski definition) is 5. The molecule has 2 N–H and O–H groups in total. The van der Waals surface area contributed by atoms with Crippen LogP contribution in [0.15, 0.2) is 17.0 Å². The Labute approximate surface area is 152 Å². The molecule has 0 spiro atoms. The van der Waals surface area contributed by atoms with Crippen molar-refractivity contribution in [3.63, 3.8) is 0 Å². The van der Waals surface area contributed by atoms with Gasteiger partial charge in [-0.05, 0) is 37.1 Å². The number of rotatable bonds is 5. The van der Waals surface area contributed by atoms with Gasteiger partial charge in [0.05, 0.1) is 13.7 Å². The Morgan fingerprint density at radius 2 is 2.00 bits per heavy atom. The molecule has 1 aromatic carbocycles. The number of piperidine rings is 1. The fraction of sp³-hybridized carbons (Fsp3) is 0.588. The minimum Gasteiger partial charge on any atom is -0.497 e. The van der Waals surface area contributed by atoms with Crippen LogP contribution in [0.5, 0.6) is 5.75 Å². The summed E-state index contributed by atoms with van der Waals surface area (Å²) >= 11 is 4.34. The fourth-order valence-electron chi connectivity index (χ4n) is 2.43. The molecule has 1 saturated heterocycles. The number of halogens is 2. The zero-order valence-corrected chi connectivity index (χ0v) is 15.5. The first kappa shape index (κ1) is 21.7. The number of methoxy groups -OCH3 is 1. The van der Waals surface area contributed by atoms with Gasteiger partial charge in [0, 0.05) is 30.3 Å². The van der Waals surface area contributed by atoms with Crippen LogP contribution in [0.3, 0.4) is 0 Å². The average Bonchev–Trinajstić information content (AvgIpc) is 2.51. The van der Waals surface area contributed by atoms with Gasteiger partial charge in [-0.1, -0.05) is 0 Å². The predicted octanol–water partition coefficient (Wildman–Crippen LogP) is 3.08. The first-order valence-electron chi connectivity index (χ1n) is 7.89. The Balaban J connectivity index is 0.000000257. The minimum atomic E-state index is -2.65. The highest BCUT2D eigenvalue weighted by Crippen LogP contribution is 2.27. The van der Waals surface area contributed by atoms with Gasteiger partial charge < -0.3 is 19.9 Å². The normalized spacial score (nSPS) is 18.9. The number of thiol groups is 1. The molecule has 1 atom stereocenters. The number of alkyl halides is 2. The molecule has 1 aliphatic heterocycles. The van der Waals surface area contributed by atoms with Crippen molar-refractivity contribution in [2.75, 3.05) is 26.9 Å². The van der Waals surface area contributed by atoms with Gasteiger partial charge in [-0.2, -0.15) is 0 Å². The summed E-state index contributed by atoms with van der Waals surface area (Å²) in [6, 6.07) is 3.52. The van der Waals surface area contributed by atoms with Gasteiger partial charge in [0.15, 0.2) is 0 Å². The molecule has 2 rings (SSSR count). The molecule has 0 bridgehead atoms. The van der Waals surface area contributed by atoms with E-state index < -0.39 is 24.5 Å². The van der Waals surface area contributed by atoms with E-state index in [1.54, 1.807) is 7.11 Å². The molecule has 25 heavy (non-hydrogen) atoms. The summed E-state index contributed by atoms with van der Waals surface area (Å²) in [6.45, 7) is 3.87. The van der Waals surface area contributed by atoms with Gasteiger partial charge in [0.1, 0.15) is 12.4 Å². The third kappa shape index (κ3) is 8.02. The number of hydrogen-bond donors (Lipinski definition) is 3. The number of carboxylic acid groups (broad SMARTS) is 1. The Bertz CT molecular complexity index is 561. The van der Waals surface area contributed by atoms with Crippen LogP contribution in [0.1, 0.15) is 24.0 Å². The molecule has 1 aromatic rings. The summed E-state index contributed by atoms with van der Waals surface area (Å²) in [5.41, 5.74) is 2.32. The van der Waals surface area contributed by atoms with Crippen molar-refractivity contribution in [1.29, 1.82) is 0 Å². The molecule has 0 saturated carbocycles. The Kier molecular flexibility index (Phi) is 8.61. The molecule has 1 fully saturated rings. The lowest BCUT2D eigenvalue weighted by Gasteiger charge is -2.29. The molecular weight excluding hydrogens is 352 g/mol. The number of carboxylic acids is 1. The van der Waals surface area contributed by atoms with E-state index in [4.69, 9.17) is 14.6 Å². The molecule has 0 amide bonds. The van der Waals surface area contributed by atoms with Gasteiger partial charge in [0.2, 0.25) is 0 Å². The Hall–Kier alpha value is -1.38. The van der Waals surface area contributed by atoms with E-state index in [0.29, 0.717) is 0 Å². The molecule has 0 radical (unpaired) electrons. The molecule has 8 heteroatoms. The quantitative estimate of drug-likeness (QED) is 0.688. The lowest BCUT2D eigenvalue weighted by Crippen LogP contribution is -2.46. The van der Waals surface area contributed by atoms with Crippen LogP contribution in [-0.4, -0.2) is 49.9 Å². The molecular formula is C17H25F2NO4S. The third-order valence-electron chi connectivity index (χ3n) is 3.71. The van der Waals surface area contributed by atoms with Crippen molar-refractivity contribution >= 4 is 18.6 Å². The van der Waals surface area contributed by atoms with E-state index in [2.05, 4.69) is 17.9 Å². The Morgan fingerprint density at radius 1 is 1.40 bits per heavy atom. The summed E-state index contributed by atoms with van der Waals surface area (Å²) in [7, 11) is 1.67. The minimum absolute atomic E-state index is 0.0158. The van der Waals surface area contributed by atoms with Crippen molar-refractivity contribution in [1.82, 2.24) is 5.32 Å². The standard InChI is InChI=1S/C9H12OS.C8H13F2NO3/c1-6-4-8(10-3)5-7(2)9(6)11;9-8(10)1-2-11-6(3-8)4-14-5-7(12)13/h4-5,11H,1-3H3;6,11H,1-5H2,(H,12,13). The van der Waals surface area contributed by atoms with Crippen LogP contribution in [-0.2, 0) is 9.53 Å². The van der Waals surface area contributed by atoms with Crippen LogP contribution in [0.4, 0.5) is 8.78 Å². The van der Waals surface area contributed by atoms with Gasteiger partial charge >= 0.3 is 5.97 Å². The van der Waals surface area contributed by atoms with Gasteiger partial charge in [-0.3, -0.25) is 0 Å². The molecule has 0 aromatic heterocycles. The monoisotopic (exact) mass is 377 g/mol. The lowest BCUT2D eigenvalue weighted by molar-refractivity contribution is -0.142. The molecule has 1 heterocycles. The second kappa shape index (κ2) is 9.94. The fourth-order valence-corrected chi connectivity index (χ4v) is 2.56. The van der Waals surface area contributed by atoms with Crippen LogP contribution in [0.25, 0.3) is 0 Å². The van der Waals surface area contributed by atoms with Gasteiger partial charge in [-0.25, -0.2) is 13.6 Å². The number of carbonyl (C=O) groups is 1. The van der Waals surface area contributed by atoms with Crippen LogP contribution < -0.4 is 10.1 Å². The molecule has 0 aliphatic carbocycles. The highest BCUT2D eigenvalue weighted by molar-refractivity contribution is 7.80. The van der Waals surface area contributed by atoms with Crippen molar-refractivity contribution in [3.05, 3.63) is 23.3 Å². The zero-order chi connectivity index (χ0) is 19.0. The maximum absolute atomic E-state index is 12.8. The average molecular weight is 377 g/mol. The van der Waals surface area contributed by atoms with Crippen molar-refractivity contribution < 1.29 is 28.2 Å². The maximum Gasteiger partial charge on any atom is 0.329 e. The van der Waals surface area contributed by atoms with Crippen LogP contribution in [0, 0.1) is 13.8 Å². The van der Waals surface area contributed by atoms with Crippen molar-refractivity contribution in [2.45, 2.75) is 43.5 Å². The van der Waals surface area contributed by atoms with E-state index in [1.165, 1.54) is 0 Å². The lowest BCUT2D eigenvalue weighted by atomic mass is 10.0. The van der Waals surface area contributed by atoms with Gasteiger partial charge in [-0.15, -0.1) is 12.6 Å². The molecule has 142 valence electrons. The van der Waals surface area contributed by atoms with Crippen LogP contribution in [0.2, 0.25) is 0 Å². The molecule has 1 aliphatic rings. The van der Waals surface area contributed by atoms with Crippen molar-refractivity contribution in [2.24, 2.45) is 0 Å². The van der Waals surface area contributed by atoms with Crippen molar-refractivity contribution in [3.8, 4) is 5.75 Å². The smallest absolute Gasteiger partial charge is 0.329 e. The number of aryl methyl sites for hydroxylation is 2. The molecule has 1 unspecified atom stereocenters. The highest BCUT2D eigenvalue weighted by atomic mass is 32.1. The van der Waals surface area contributed by atoms with E-state index in [1.807, 2.05) is 26.0 Å². The summed E-state index contributed by atoms with van der Waals surface area (Å²) < 4.78 is 35.5. The number of nitrogens with one attached hydrogen (secondary N) is 1. The topological polar surface area (TPSA) is 67.8 Å². The SMILES string of the molecule is COc1cc(C)c(S)c(C)c1.O=C(O)COCC1CC(F)(F)CCN1. The summed E-state index contributed by atoms with van der Waals surface area (Å²) in [5, 5.41) is 11.1. The Morgan fingerprint density at radius 3 is 2.48 bits per heavy atom. The second-order valence-electron chi connectivity index (χ2n) is 5.98. The maximum atomic E-state index is 12.8. The van der Waals surface area contributed by atoms with E-state index in [-0.39, 0.29) is 26.0 Å². The highest BCUT2D eigenvalue weighted by Gasteiger charge is 2.35. The van der Waals surface area contributed by atoms with E-state index >= 15 is 0 Å². The largest absolute Gasteiger partial charge is 0.497 e. The number of benzene rings is 1. The zero-order valence-electron chi connectivity index (χ0n) is 14.6.